The first-order valence-corrected chi connectivity index (χ1v) is 15.8. The van der Waals surface area contributed by atoms with E-state index >= 15 is 0 Å². The zero-order chi connectivity index (χ0) is 31.4. The quantitative estimate of drug-likeness (QED) is 0.220. The number of amides is 1. The van der Waals surface area contributed by atoms with Crippen molar-refractivity contribution in [3.05, 3.63) is 91.9 Å². The van der Waals surface area contributed by atoms with Gasteiger partial charge in [-0.1, -0.05) is 49.5 Å². The highest BCUT2D eigenvalue weighted by Crippen LogP contribution is 2.37. The number of halogens is 1. The van der Waals surface area contributed by atoms with E-state index in [0.717, 1.165) is 29.8 Å². The molecule has 1 aromatic heterocycles. The molecule has 1 amide bonds. The Bertz CT molecular complexity index is 1690. The van der Waals surface area contributed by atoms with Crippen molar-refractivity contribution in [2.45, 2.75) is 39.8 Å². The lowest BCUT2D eigenvalue weighted by molar-refractivity contribution is -0.122. The van der Waals surface area contributed by atoms with E-state index in [1.165, 1.54) is 23.9 Å². The fourth-order valence-electron chi connectivity index (χ4n) is 5.52. The first kappa shape index (κ1) is 31.3. The Labute approximate surface area is 266 Å². The molecule has 8 nitrogen and oxygen atoms in total. The molecule has 0 unspecified atom stereocenters. The maximum atomic E-state index is 13.7. The van der Waals surface area contributed by atoms with Gasteiger partial charge in [-0.25, -0.2) is 4.39 Å². The first-order valence-electron chi connectivity index (χ1n) is 14.6. The van der Waals surface area contributed by atoms with Gasteiger partial charge in [0.1, 0.15) is 33.3 Å². The van der Waals surface area contributed by atoms with Crippen LogP contribution in [0.3, 0.4) is 0 Å². The molecule has 5 rings (SSSR count). The summed E-state index contributed by atoms with van der Waals surface area (Å²) in [6, 6.07) is 16.1. The van der Waals surface area contributed by atoms with Gasteiger partial charge in [0, 0.05) is 44.0 Å². The lowest BCUT2D eigenvalue weighted by Gasteiger charge is -2.39. The highest BCUT2D eigenvalue weighted by molar-refractivity contribution is 8.26. The number of thiocarbonyl (C=S) groups is 1. The van der Waals surface area contributed by atoms with Crippen molar-refractivity contribution in [1.29, 1.82) is 5.26 Å². The van der Waals surface area contributed by atoms with Crippen LogP contribution in [0.5, 0.6) is 5.75 Å². The molecule has 0 saturated carbocycles. The van der Waals surface area contributed by atoms with Crippen LogP contribution in [0, 0.1) is 24.1 Å². The lowest BCUT2D eigenvalue weighted by atomic mass is 10.0. The summed E-state index contributed by atoms with van der Waals surface area (Å²) in [4.78, 5) is 33.7. The van der Waals surface area contributed by atoms with Gasteiger partial charge in [-0.2, -0.15) is 5.26 Å². The summed E-state index contributed by atoms with van der Waals surface area (Å²) in [5.41, 5.74) is 2.83. The molecule has 3 aromatic rings. The van der Waals surface area contributed by atoms with Crippen molar-refractivity contribution in [3.8, 4) is 11.8 Å². The molecular formula is C33H34FN5O3S2. The number of carbonyl (C=O) groups is 1. The van der Waals surface area contributed by atoms with Crippen LogP contribution in [0.15, 0.2) is 58.2 Å². The lowest BCUT2D eigenvalue weighted by Crippen LogP contribution is -2.48. The molecule has 0 spiro atoms. The number of unbranched alkanes of at least 4 members (excludes halogenated alkanes) is 1. The number of ether oxygens (including phenoxy) is 1. The standard InChI is InChI=1S/C33H34FN5O3S2/c1-4-5-14-38-30(37-17-15-36(16-18-37)25-10-8-24(34)9-11-25)27(22(2)28(20-35)31(38)40)19-29-32(41)39(33(43)44-29)21-23-6-12-26(42-3)13-7-23/h6-13,19H,4-5,14-18,21H2,1-3H3. The highest BCUT2D eigenvalue weighted by atomic mass is 32.2. The zero-order valence-corrected chi connectivity index (χ0v) is 26.6. The third-order valence-corrected chi connectivity index (χ3v) is 9.38. The number of anilines is 2. The fourth-order valence-corrected chi connectivity index (χ4v) is 6.75. The molecule has 0 radical (unpaired) electrons. The average Bonchev–Trinajstić information content (AvgIpc) is 3.30. The summed E-state index contributed by atoms with van der Waals surface area (Å²) in [5, 5.41) is 10.0. The molecule has 228 valence electrons. The Morgan fingerprint density at radius 2 is 1.70 bits per heavy atom. The molecule has 2 aromatic carbocycles. The third kappa shape index (κ3) is 6.37. The van der Waals surface area contributed by atoms with Crippen molar-refractivity contribution in [2.24, 2.45) is 0 Å². The SMILES string of the molecule is CCCCn1c(N2CCN(c3ccc(F)cc3)CC2)c(C=C2SC(=S)N(Cc3ccc(OC)cc3)C2=O)c(C)c(C#N)c1=O. The molecule has 2 fully saturated rings. The van der Waals surface area contributed by atoms with Crippen molar-refractivity contribution >= 4 is 51.8 Å². The van der Waals surface area contributed by atoms with E-state index in [0.29, 0.717) is 65.4 Å². The van der Waals surface area contributed by atoms with E-state index in [-0.39, 0.29) is 22.8 Å². The van der Waals surface area contributed by atoms with Crippen LogP contribution in [-0.2, 0) is 17.9 Å². The molecular weight excluding hydrogens is 598 g/mol. The van der Waals surface area contributed by atoms with Gasteiger partial charge < -0.3 is 14.5 Å². The molecule has 0 N–H and O–H groups in total. The molecule has 44 heavy (non-hydrogen) atoms. The van der Waals surface area contributed by atoms with E-state index < -0.39 is 0 Å². The predicted molar refractivity (Wildman–Crippen MR) is 178 cm³/mol. The molecule has 11 heteroatoms. The van der Waals surface area contributed by atoms with Crippen molar-refractivity contribution < 1.29 is 13.9 Å². The van der Waals surface area contributed by atoms with Gasteiger partial charge in [0.25, 0.3) is 11.5 Å². The fraction of sp³-hybridized carbons (Fsp3) is 0.333. The van der Waals surface area contributed by atoms with Gasteiger partial charge in [0.2, 0.25) is 0 Å². The van der Waals surface area contributed by atoms with E-state index in [2.05, 4.69) is 22.8 Å². The Balaban J connectivity index is 1.52. The molecule has 2 aliphatic heterocycles. The van der Waals surface area contributed by atoms with Crippen molar-refractivity contribution in [1.82, 2.24) is 9.47 Å². The third-order valence-electron chi connectivity index (χ3n) is 8.00. The number of carbonyl (C=O) groups excluding carboxylic acids is 1. The number of pyridine rings is 1. The van der Waals surface area contributed by atoms with Gasteiger partial charge in [0.15, 0.2) is 0 Å². The number of hydrogen-bond acceptors (Lipinski definition) is 8. The van der Waals surface area contributed by atoms with E-state index in [1.54, 1.807) is 41.7 Å². The Morgan fingerprint density at radius 3 is 2.32 bits per heavy atom. The van der Waals surface area contributed by atoms with E-state index in [9.17, 15) is 19.2 Å². The first-order chi connectivity index (χ1) is 21.2. The summed E-state index contributed by atoms with van der Waals surface area (Å²) < 4.78 is 20.9. The summed E-state index contributed by atoms with van der Waals surface area (Å²) in [5.74, 6) is 0.942. The van der Waals surface area contributed by atoms with Crippen LogP contribution >= 0.6 is 24.0 Å². The van der Waals surface area contributed by atoms with Crippen LogP contribution in [-0.4, -0.2) is 53.0 Å². The number of nitriles is 1. The van der Waals surface area contributed by atoms with Crippen LogP contribution in [0.4, 0.5) is 15.9 Å². The minimum Gasteiger partial charge on any atom is -0.497 e. The summed E-state index contributed by atoms with van der Waals surface area (Å²) in [7, 11) is 1.60. The van der Waals surface area contributed by atoms with Crippen LogP contribution < -0.4 is 20.1 Å². The minimum absolute atomic E-state index is 0.0785. The number of piperazine rings is 1. The highest BCUT2D eigenvalue weighted by Gasteiger charge is 2.34. The minimum atomic E-state index is -0.321. The molecule has 2 saturated heterocycles. The second kappa shape index (κ2) is 13.7. The second-order valence-electron chi connectivity index (χ2n) is 10.7. The Morgan fingerprint density at radius 1 is 1.05 bits per heavy atom. The van der Waals surface area contributed by atoms with Gasteiger partial charge in [0.05, 0.1) is 18.6 Å². The maximum absolute atomic E-state index is 13.7. The smallest absolute Gasteiger partial charge is 0.270 e. The number of methoxy groups -OCH3 is 1. The number of rotatable bonds is 9. The van der Waals surface area contributed by atoms with Gasteiger partial charge in [-0.15, -0.1) is 0 Å². The van der Waals surface area contributed by atoms with E-state index in [4.69, 9.17) is 17.0 Å². The topological polar surface area (TPSA) is 81.8 Å². The normalized spacial score (nSPS) is 16.2. The zero-order valence-electron chi connectivity index (χ0n) is 25.0. The number of thioether (sulfide) groups is 1. The number of benzene rings is 2. The monoisotopic (exact) mass is 631 g/mol. The number of nitrogens with zero attached hydrogens (tertiary/aromatic N) is 5. The molecule has 0 atom stereocenters. The van der Waals surface area contributed by atoms with E-state index in [1.807, 2.05) is 24.3 Å². The summed E-state index contributed by atoms with van der Waals surface area (Å²) in [6.07, 6.45) is 3.44. The maximum Gasteiger partial charge on any atom is 0.270 e. The second-order valence-corrected chi connectivity index (χ2v) is 12.4. The summed E-state index contributed by atoms with van der Waals surface area (Å²) >= 11 is 6.85. The largest absolute Gasteiger partial charge is 0.497 e. The number of aromatic nitrogens is 1. The molecule has 0 bridgehead atoms. The Hall–Kier alpha value is -4.14. The average molecular weight is 632 g/mol. The molecule has 0 aliphatic carbocycles. The summed E-state index contributed by atoms with van der Waals surface area (Å²) in [6.45, 7) is 7.14. The number of hydrogen-bond donors (Lipinski definition) is 0. The predicted octanol–water partition coefficient (Wildman–Crippen LogP) is 5.70. The van der Waals surface area contributed by atoms with Crippen LogP contribution in [0.1, 0.15) is 42.0 Å². The van der Waals surface area contributed by atoms with Crippen molar-refractivity contribution in [3.63, 3.8) is 0 Å². The van der Waals surface area contributed by atoms with Gasteiger partial charge in [-0.05, 0) is 66.9 Å². The molecule has 2 aliphatic rings. The Kier molecular flexibility index (Phi) is 9.71. The van der Waals surface area contributed by atoms with Gasteiger partial charge >= 0.3 is 0 Å². The van der Waals surface area contributed by atoms with Gasteiger partial charge in [-0.3, -0.25) is 19.1 Å². The van der Waals surface area contributed by atoms with Crippen LogP contribution in [0.2, 0.25) is 0 Å². The van der Waals surface area contributed by atoms with Crippen LogP contribution in [0.25, 0.3) is 6.08 Å². The van der Waals surface area contributed by atoms with Crippen molar-refractivity contribution in [2.75, 3.05) is 43.1 Å². The molecule has 3 heterocycles.